The first-order valence-electron chi connectivity index (χ1n) is 5.60. The van der Waals surface area contributed by atoms with Gasteiger partial charge in [0.1, 0.15) is 0 Å². The van der Waals surface area contributed by atoms with Crippen LogP contribution in [0.1, 0.15) is 12.6 Å². The molecule has 5 nitrogen and oxygen atoms in total. The summed E-state index contributed by atoms with van der Waals surface area (Å²) in [6.07, 6.45) is 0. The molecular weight excluding hydrogens is 252 g/mol. The molecule has 2 aromatic rings. The van der Waals surface area contributed by atoms with E-state index in [1.807, 2.05) is 25.1 Å². The third-order valence-electron chi connectivity index (χ3n) is 2.54. The minimum absolute atomic E-state index is 0.316. The summed E-state index contributed by atoms with van der Waals surface area (Å²) in [5.74, 6) is 0.568. The number of nitrogens with zero attached hydrogens (tertiary/aromatic N) is 3. The van der Waals surface area contributed by atoms with Crippen molar-refractivity contribution < 1.29 is 0 Å². The Morgan fingerprint density at radius 3 is 2.78 bits per heavy atom. The first-order valence-corrected chi connectivity index (χ1v) is 5.98. The second-order valence-corrected chi connectivity index (χ2v) is 4.17. The van der Waals surface area contributed by atoms with E-state index in [9.17, 15) is 4.91 Å². The Balaban J connectivity index is 2.64. The van der Waals surface area contributed by atoms with E-state index in [1.54, 1.807) is 17.7 Å². The minimum atomic E-state index is 0.316. The predicted octanol–water partition coefficient (Wildman–Crippen LogP) is 3.66. The fourth-order valence-electron chi connectivity index (χ4n) is 1.75. The van der Waals surface area contributed by atoms with Gasteiger partial charge in [-0.05, 0) is 31.2 Å². The average molecular weight is 265 g/mol. The Labute approximate surface area is 110 Å². The van der Waals surface area contributed by atoms with Crippen LogP contribution in [-0.4, -0.2) is 16.3 Å². The highest BCUT2D eigenvalue weighted by Gasteiger charge is 2.17. The zero-order valence-corrected chi connectivity index (χ0v) is 10.9. The minimum Gasteiger partial charge on any atom is -0.368 e. The van der Waals surface area contributed by atoms with Crippen LogP contribution >= 0.6 is 11.6 Å². The Hall–Kier alpha value is -1.88. The van der Waals surface area contributed by atoms with Crippen LogP contribution in [0.3, 0.4) is 0 Å². The lowest BCUT2D eigenvalue weighted by atomic mass is 10.3. The molecule has 0 fully saturated rings. The van der Waals surface area contributed by atoms with Gasteiger partial charge in [0.2, 0.25) is 0 Å². The van der Waals surface area contributed by atoms with Crippen LogP contribution in [0.5, 0.6) is 0 Å². The molecule has 0 saturated heterocycles. The molecule has 0 unspecified atom stereocenters. The van der Waals surface area contributed by atoms with E-state index in [1.165, 1.54) is 0 Å². The largest absolute Gasteiger partial charge is 0.368 e. The number of aromatic nitrogens is 2. The van der Waals surface area contributed by atoms with E-state index < -0.39 is 0 Å². The summed E-state index contributed by atoms with van der Waals surface area (Å²) < 4.78 is 1.61. The summed E-state index contributed by atoms with van der Waals surface area (Å²) in [4.78, 5) is 10.9. The Morgan fingerprint density at radius 2 is 2.17 bits per heavy atom. The summed E-state index contributed by atoms with van der Waals surface area (Å²) in [7, 11) is 0. The van der Waals surface area contributed by atoms with Gasteiger partial charge in [-0.2, -0.15) is 5.10 Å². The van der Waals surface area contributed by atoms with Gasteiger partial charge in [0.05, 0.1) is 16.4 Å². The van der Waals surface area contributed by atoms with Gasteiger partial charge in [0.25, 0.3) is 0 Å². The zero-order valence-electron chi connectivity index (χ0n) is 10.1. The molecule has 0 saturated carbocycles. The van der Waals surface area contributed by atoms with Gasteiger partial charge >= 0.3 is 0 Å². The topological polar surface area (TPSA) is 59.3 Å². The maximum absolute atomic E-state index is 10.9. The van der Waals surface area contributed by atoms with E-state index in [2.05, 4.69) is 15.6 Å². The van der Waals surface area contributed by atoms with Gasteiger partial charge in [0, 0.05) is 6.54 Å². The molecule has 0 atom stereocenters. The van der Waals surface area contributed by atoms with Crippen LogP contribution in [0.25, 0.3) is 5.69 Å². The first-order chi connectivity index (χ1) is 8.69. The lowest BCUT2D eigenvalue weighted by Crippen LogP contribution is -2.06. The van der Waals surface area contributed by atoms with Crippen molar-refractivity contribution in [3.63, 3.8) is 0 Å². The summed E-state index contributed by atoms with van der Waals surface area (Å²) in [6, 6.07) is 7.32. The van der Waals surface area contributed by atoms with E-state index in [0.717, 1.165) is 0 Å². The quantitative estimate of drug-likeness (QED) is 0.857. The van der Waals surface area contributed by atoms with Crippen LogP contribution in [0.4, 0.5) is 11.5 Å². The zero-order chi connectivity index (χ0) is 13.1. The highest BCUT2D eigenvalue weighted by molar-refractivity contribution is 6.32. The number of hydrogen-bond donors (Lipinski definition) is 1. The third-order valence-corrected chi connectivity index (χ3v) is 2.86. The highest BCUT2D eigenvalue weighted by Crippen LogP contribution is 2.33. The molecule has 2 rings (SSSR count). The number of para-hydroxylation sites is 1. The molecule has 0 aliphatic heterocycles. The van der Waals surface area contributed by atoms with Gasteiger partial charge in [-0.3, -0.25) is 0 Å². The molecule has 1 aromatic heterocycles. The number of halogens is 1. The second-order valence-electron chi connectivity index (χ2n) is 3.77. The molecule has 94 valence electrons. The number of benzene rings is 1. The maximum atomic E-state index is 10.9. The summed E-state index contributed by atoms with van der Waals surface area (Å²) in [5.41, 5.74) is 1.60. The molecule has 0 amide bonds. The maximum Gasteiger partial charge on any atom is 0.173 e. The number of nitroso groups, excluding NO2 is 1. The fraction of sp³-hybridized carbons (Fsp3) is 0.250. The lowest BCUT2D eigenvalue weighted by Gasteiger charge is -2.09. The van der Waals surface area contributed by atoms with Crippen molar-refractivity contribution in [2.24, 2.45) is 5.18 Å². The number of nitrogens with one attached hydrogen (secondary N) is 1. The van der Waals surface area contributed by atoms with E-state index >= 15 is 0 Å². The molecule has 1 N–H and O–H groups in total. The van der Waals surface area contributed by atoms with Crippen molar-refractivity contribution in [3.8, 4) is 5.69 Å². The smallest absolute Gasteiger partial charge is 0.173 e. The SMILES string of the molecule is CCNc1c(N=O)c(C)nn1-c1ccccc1Cl. The molecule has 0 radical (unpaired) electrons. The monoisotopic (exact) mass is 264 g/mol. The van der Waals surface area contributed by atoms with Crippen molar-refractivity contribution >= 4 is 23.1 Å². The number of anilines is 1. The molecule has 18 heavy (non-hydrogen) atoms. The van der Waals surface area contributed by atoms with Crippen LogP contribution < -0.4 is 5.32 Å². The van der Waals surface area contributed by atoms with Gasteiger partial charge in [-0.15, -0.1) is 4.91 Å². The Bertz CT molecular complexity index is 579. The summed E-state index contributed by atoms with van der Waals surface area (Å²) in [6.45, 7) is 4.34. The molecule has 0 bridgehead atoms. The standard InChI is InChI=1S/C12H13ClN4O/c1-3-14-12-11(16-18)8(2)15-17(12)10-7-5-4-6-9(10)13/h4-7,14H,3H2,1-2H3. The van der Waals surface area contributed by atoms with Crippen LogP contribution in [0.15, 0.2) is 29.4 Å². The van der Waals surface area contributed by atoms with Crippen molar-refractivity contribution in [3.05, 3.63) is 39.9 Å². The van der Waals surface area contributed by atoms with E-state index in [4.69, 9.17) is 11.6 Å². The molecule has 1 heterocycles. The Kier molecular flexibility index (Phi) is 3.62. The van der Waals surface area contributed by atoms with Crippen LogP contribution in [-0.2, 0) is 0 Å². The van der Waals surface area contributed by atoms with Crippen LogP contribution in [0, 0.1) is 11.8 Å². The third kappa shape index (κ3) is 2.09. The number of aryl methyl sites for hydroxylation is 1. The molecular formula is C12H13ClN4O. The van der Waals surface area contributed by atoms with Gasteiger partial charge in [-0.1, -0.05) is 23.7 Å². The second kappa shape index (κ2) is 5.18. The van der Waals surface area contributed by atoms with Gasteiger partial charge in [0.15, 0.2) is 11.5 Å². The first kappa shape index (κ1) is 12.6. The highest BCUT2D eigenvalue weighted by atomic mass is 35.5. The number of rotatable bonds is 4. The van der Waals surface area contributed by atoms with Crippen molar-refractivity contribution in [1.82, 2.24) is 9.78 Å². The van der Waals surface area contributed by atoms with Gasteiger partial charge in [-0.25, -0.2) is 4.68 Å². The van der Waals surface area contributed by atoms with E-state index in [0.29, 0.717) is 34.5 Å². The Morgan fingerprint density at radius 1 is 1.44 bits per heavy atom. The lowest BCUT2D eigenvalue weighted by molar-refractivity contribution is 0.862. The fourth-order valence-corrected chi connectivity index (χ4v) is 1.97. The van der Waals surface area contributed by atoms with Gasteiger partial charge < -0.3 is 5.32 Å². The molecule has 1 aromatic carbocycles. The molecule has 0 aliphatic carbocycles. The number of hydrogen-bond acceptors (Lipinski definition) is 4. The summed E-state index contributed by atoms with van der Waals surface area (Å²) >= 11 is 6.14. The molecule has 6 heteroatoms. The van der Waals surface area contributed by atoms with Crippen molar-refractivity contribution in [2.45, 2.75) is 13.8 Å². The van der Waals surface area contributed by atoms with Crippen molar-refractivity contribution in [2.75, 3.05) is 11.9 Å². The normalized spacial score (nSPS) is 10.4. The molecule has 0 aliphatic rings. The van der Waals surface area contributed by atoms with Crippen molar-refractivity contribution in [1.29, 1.82) is 0 Å². The van der Waals surface area contributed by atoms with E-state index in [-0.39, 0.29) is 0 Å². The average Bonchev–Trinajstić information content (AvgIpc) is 2.67. The summed E-state index contributed by atoms with van der Waals surface area (Å²) in [5, 5.41) is 11.0. The van der Waals surface area contributed by atoms with Crippen LogP contribution in [0.2, 0.25) is 5.02 Å². The predicted molar refractivity (Wildman–Crippen MR) is 72.9 cm³/mol. The molecule has 0 spiro atoms.